The second kappa shape index (κ2) is 6.74. The second-order valence-electron chi connectivity index (χ2n) is 3.95. The van der Waals surface area contributed by atoms with E-state index >= 15 is 0 Å². The van der Waals surface area contributed by atoms with Gasteiger partial charge >= 0.3 is 0 Å². The number of benzene rings is 1. The minimum Gasteiger partial charge on any atom is -0.385 e. The molecule has 1 aromatic rings. The van der Waals surface area contributed by atoms with Gasteiger partial charge in [-0.2, -0.15) is 0 Å². The Kier molecular flexibility index (Phi) is 5.97. The van der Waals surface area contributed by atoms with Crippen molar-refractivity contribution in [3.8, 4) is 0 Å². The van der Waals surface area contributed by atoms with E-state index in [0.29, 0.717) is 5.92 Å². The van der Waals surface area contributed by atoms with Gasteiger partial charge in [-0.15, -0.1) is 0 Å². The van der Waals surface area contributed by atoms with E-state index in [1.54, 1.807) is 7.11 Å². The lowest BCUT2D eigenvalue weighted by atomic mass is 9.93. The molecule has 2 unspecified atom stereocenters. The van der Waals surface area contributed by atoms with Crippen molar-refractivity contribution < 1.29 is 4.74 Å². The molecule has 90 valence electrons. The lowest BCUT2D eigenvalue weighted by molar-refractivity contribution is 0.174. The van der Waals surface area contributed by atoms with Crippen LogP contribution in [0.2, 0.25) is 0 Å². The van der Waals surface area contributed by atoms with Crippen LogP contribution in [0.5, 0.6) is 0 Å². The fraction of sp³-hybridized carbons (Fsp3) is 0.500. The zero-order valence-corrected chi connectivity index (χ0v) is 12.7. The van der Waals surface area contributed by atoms with Gasteiger partial charge in [0.15, 0.2) is 0 Å². The highest BCUT2D eigenvalue weighted by Crippen LogP contribution is 2.30. The SMILES string of the molecule is COCCC(C)C(N)c1ccc(Br)cc1Br. The van der Waals surface area contributed by atoms with E-state index in [9.17, 15) is 0 Å². The van der Waals surface area contributed by atoms with Gasteiger partial charge in [0.1, 0.15) is 0 Å². The molecule has 1 rings (SSSR count). The molecule has 16 heavy (non-hydrogen) atoms. The van der Waals surface area contributed by atoms with Gasteiger partial charge in [0.05, 0.1) is 0 Å². The van der Waals surface area contributed by atoms with Crippen molar-refractivity contribution in [2.24, 2.45) is 11.7 Å². The first kappa shape index (κ1) is 14.2. The van der Waals surface area contributed by atoms with Crippen molar-refractivity contribution in [3.63, 3.8) is 0 Å². The first-order valence-electron chi connectivity index (χ1n) is 5.25. The minimum atomic E-state index is 0.0395. The third kappa shape index (κ3) is 3.84. The normalized spacial score (nSPS) is 14.8. The second-order valence-corrected chi connectivity index (χ2v) is 5.72. The molecule has 0 fully saturated rings. The van der Waals surface area contributed by atoms with Crippen LogP contribution in [0, 0.1) is 5.92 Å². The van der Waals surface area contributed by atoms with Gasteiger partial charge in [-0.1, -0.05) is 44.8 Å². The average molecular weight is 351 g/mol. The van der Waals surface area contributed by atoms with Crippen molar-refractivity contribution in [3.05, 3.63) is 32.7 Å². The summed E-state index contributed by atoms with van der Waals surface area (Å²) in [4.78, 5) is 0. The van der Waals surface area contributed by atoms with Crippen LogP contribution in [0.3, 0.4) is 0 Å². The third-order valence-electron chi connectivity index (χ3n) is 2.71. The molecule has 0 aromatic heterocycles. The largest absolute Gasteiger partial charge is 0.385 e. The van der Waals surface area contributed by atoms with Crippen molar-refractivity contribution in [2.45, 2.75) is 19.4 Å². The molecular formula is C12H17Br2NO. The summed E-state index contributed by atoms with van der Waals surface area (Å²) in [7, 11) is 1.72. The molecule has 0 bridgehead atoms. The molecule has 0 saturated carbocycles. The zero-order chi connectivity index (χ0) is 12.1. The van der Waals surface area contributed by atoms with Gasteiger partial charge < -0.3 is 10.5 Å². The van der Waals surface area contributed by atoms with Crippen LogP contribution in [0.15, 0.2) is 27.1 Å². The van der Waals surface area contributed by atoms with Crippen molar-refractivity contribution >= 4 is 31.9 Å². The summed E-state index contributed by atoms with van der Waals surface area (Å²) in [5, 5.41) is 0. The average Bonchev–Trinajstić information content (AvgIpc) is 2.25. The number of nitrogens with two attached hydrogens (primary N) is 1. The Hall–Kier alpha value is 0.1000. The molecule has 2 N–H and O–H groups in total. The fourth-order valence-electron chi connectivity index (χ4n) is 1.56. The van der Waals surface area contributed by atoms with Gasteiger partial charge in [-0.25, -0.2) is 0 Å². The van der Waals surface area contributed by atoms with Crippen molar-refractivity contribution in [1.29, 1.82) is 0 Å². The number of hydrogen-bond donors (Lipinski definition) is 1. The molecule has 1 aromatic carbocycles. The van der Waals surface area contributed by atoms with Gasteiger partial charge in [0.25, 0.3) is 0 Å². The van der Waals surface area contributed by atoms with Crippen molar-refractivity contribution in [1.82, 2.24) is 0 Å². The monoisotopic (exact) mass is 349 g/mol. The molecule has 0 aliphatic carbocycles. The predicted molar refractivity (Wildman–Crippen MR) is 74.4 cm³/mol. The van der Waals surface area contributed by atoms with E-state index in [-0.39, 0.29) is 6.04 Å². The highest BCUT2D eigenvalue weighted by Gasteiger charge is 2.17. The topological polar surface area (TPSA) is 35.2 Å². The summed E-state index contributed by atoms with van der Waals surface area (Å²) in [6, 6.07) is 6.14. The summed E-state index contributed by atoms with van der Waals surface area (Å²) in [6.45, 7) is 2.90. The van der Waals surface area contributed by atoms with Crippen LogP contribution in [-0.2, 0) is 4.74 Å². The van der Waals surface area contributed by atoms with Crippen LogP contribution in [0.1, 0.15) is 24.9 Å². The van der Waals surface area contributed by atoms with Crippen LogP contribution >= 0.6 is 31.9 Å². The Bertz CT molecular complexity index is 344. The van der Waals surface area contributed by atoms with Crippen LogP contribution in [0.25, 0.3) is 0 Å². The molecular weight excluding hydrogens is 334 g/mol. The van der Waals surface area contributed by atoms with E-state index in [4.69, 9.17) is 10.5 Å². The Balaban J connectivity index is 2.75. The quantitative estimate of drug-likeness (QED) is 0.874. The first-order valence-corrected chi connectivity index (χ1v) is 6.84. The standard InChI is InChI=1S/C12H17Br2NO/c1-8(5-6-16-2)12(15)10-4-3-9(13)7-11(10)14/h3-4,7-8,12H,5-6,15H2,1-2H3. The Labute approximate surface area is 114 Å². The predicted octanol–water partition coefficient (Wildman–Crippen LogP) is 3.88. The zero-order valence-electron chi connectivity index (χ0n) is 9.54. The number of ether oxygens (including phenoxy) is 1. The minimum absolute atomic E-state index is 0.0395. The number of hydrogen-bond acceptors (Lipinski definition) is 2. The summed E-state index contributed by atoms with van der Waals surface area (Å²) in [5.74, 6) is 0.400. The van der Waals surface area contributed by atoms with E-state index < -0.39 is 0 Å². The molecule has 0 aliphatic heterocycles. The molecule has 0 spiro atoms. The third-order valence-corrected chi connectivity index (χ3v) is 3.89. The number of halogens is 2. The van der Waals surface area contributed by atoms with E-state index in [1.165, 1.54) is 0 Å². The maximum absolute atomic E-state index is 6.23. The summed E-state index contributed by atoms with van der Waals surface area (Å²) in [6.07, 6.45) is 0.972. The fourth-order valence-corrected chi connectivity index (χ4v) is 2.87. The Morgan fingerprint density at radius 2 is 2.06 bits per heavy atom. The van der Waals surface area contributed by atoms with E-state index in [0.717, 1.165) is 27.5 Å². The molecule has 0 heterocycles. The summed E-state index contributed by atoms with van der Waals surface area (Å²) >= 11 is 6.98. The number of methoxy groups -OCH3 is 1. The molecule has 0 aliphatic rings. The molecule has 2 atom stereocenters. The molecule has 2 nitrogen and oxygen atoms in total. The van der Waals surface area contributed by atoms with E-state index in [1.807, 2.05) is 12.1 Å². The number of rotatable bonds is 5. The smallest absolute Gasteiger partial charge is 0.0465 e. The summed E-state index contributed by atoms with van der Waals surface area (Å²) in [5.41, 5.74) is 7.37. The van der Waals surface area contributed by atoms with E-state index in [2.05, 4.69) is 44.8 Å². The Morgan fingerprint density at radius 3 is 2.62 bits per heavy atom. The highest BCUT2D eigenvalue weighted by atomic mass is 79.9. The van der Waals surface area contributed by atoms with Crippen molar-refractivity contribution in [2.75, 3.05) is 13.7 Å². The molecule has 0 radical (unpaired) electrons. The van der Waals surface area contributed by atoms with Crippen LogP contribution in [0.4, 0.5) is 0 Å². The lowest BCUT2D eigenvalue weighted by Crippen LogP contribution is -2.20. The lowest BCUT2D eigenvalue weighted by Gasteiger charge is -2.21. The van der Waals surface area contributed by atoms with Crippen LogP contribution in [-0.4, -0.2) is 13.7 Å². The van der Waals surface area contributed by atoms with Crippen LogP contribution < -0.4 is 5.73 Å². The Morgan fingerprint density at radius 1 is 1.38 bits per heavy atom. The summed E-state index contributed by atoms with van der Waals surface area (Å²) < 4.78 is 7.18. The molecule has 0 saturated heterocycles. The van der Waals surface area contributed by atoms with Gasteiger partial charge in [-0.05, 0) is 30.0 Å². The maximum Gasteiger partial charge on any atom is 0.0465 e. The van der Waals surface area contributed by atoms with Gasteiger partial charge in [0, 0.05) is 28.7 Å². The van der Waals surface area contributed by atoms with Gasteiger partial charge in [0.2, 0.25) is 0 Å². The van der Waals surface area contributed by atoms with Gasteiger partial charge in [-0.3, -0.25) is 0 Å². The maximum atomic E-state index is 6.23. The highest BCUT2D eigenvalue weighted by molar-refractivity contribution is 9.11. The molecule has 4 heteroatoms. The first-order chi connectivity index (χ1) is 7.56. The molecule has 0 amide bonds.